The Morgan fingerprint density at radius 3 is 2.50 bits per heavy atom. The van der Waals surface area contributed by atoms with Gasteiger partial charge in [-0.15, -0.1) is 0 Å². The molecule has 6 heteroatoms. The zero-order chi connectivity index (χ0) is 18.7. The molecule has 1 aromatic heterocycles. The molecule has 3 rings (SSSR count). The number of furan rings is 1. The van der Waals surface area contributed by atoms with Gasteiger partial charge >= 0.3 is 0 Å². The van der Waals surface area contributed by atoms with Gasteiger partial charge in [-0.2, -0.15) is 0 Å². The summed E-state index contributed by atoms with van der Waals surface area (Å²) in [5, 5.41) is 2.88. The molecule has 0 aliphatic rings. The van der Waals surface area contributed by atoms with E-state index in [9.17, 15) is 4.79 Å². The molecule has 0 unspecified atom stereocenters. The number of ether oxygens (including phenoxy) is 1. The van der Waals surface area contributed by atoms with Gasteiger partial charge in [-0.05, 0) is 48.9 Å². The summed E-state index contributed by atoms with van der Waals surface area (Å²) in [6, 6.07) is 15.3. The van der Waals surface area contributed by atoms with E-state index < -0.39 is 0 Å². The summed E-state index contributed by atoms with van der Waals surface area (Å²) < 4.78 is 13.0. The fourth-order valence-electron chi connectivity index (χ4n) is 2.67. The number of hydrogen-bond acceptors (Lipinski definition) is 3. The average molecular weight is 479 g/mol. The van der Waals surface area contributed by atoms with Gasteiger partial charge in [0.15, 0.2) is 0 Å². The smallest absolute Gasteiger partial charge is 0.255 e. The Labute approximate surface area is 168 Å². The van der Waals surface area contributed by atoms with E-state index in [1.807, 2.05) is 49.4 Å². The van der Waals surface area contributed by atoms with Crippen molar-refractivity contribution in [2.75, 3.05) is 7.11 Å². The van der Waals surface area contributed by atoms with E-state index in [0.29, 0.717) is 23.6 Å². The molecule has 0 aliphatic heterocycles. The Hall–Kier alpha value is -2.05. The van der Waals surface area contributed by atoms with E-state index in [1.54, 1.807) is 13.2 Å². The number of benzene rings is 2. The van der Waals surface area contributed by atoms with Gasteiger partial charge in [-0.3, -0.25) is 4.79 Å². The number of methoxy groups -OCH3 is 1. The number of hydrogen-bond donors (Lipinski definition) is 1. The minimum Gasteiger partial charge on any atom is -0.496 e. The Kier molecular flexibility index (Phi) is 5.84. The van der Waals surface area contributed by atoms with Crippen LogP contribution >= 0.6 is 31.9 Å². The second kappa shape index (κ2) is 8.10. The monoisotopic (exact) mass is 477 g/mol. The lowest BCUT2D eigenvalue weighted by Crippen LogP contribution is -2.23. The molecule has 0 saturated carbocycles. The zero-order valence-electron chi connectivity index (χ0n) is 14.3. The molecule has 0 bridgehead atoms. The molecular weight excluding hydrogens is 462 g/mol. The van der Waals surface area contributed by atoms with E-state index in [1.165, 1.54) is 0 Å². The average Bonchev–Trinajstić information content (AvgIpc) is 3.08. The van der Waals surface area contributed by atoms with Crippen molar-refractivity contribution in [2.45, 2.75) is 13.5 Å². The standard InChI is InChI=1S/C20H17Br2NO3/c1-12-9-15(22)10-17(19(12)25-2)20(24)23-11-16-7-8-18(26-16)13-3-5-14(21)6-4-13/h3-10H,11H2,1-2H3,(H,23,24). The predicted molar refractivity (Wildman–Crippen MR) is 108 cm³/mol. The molecule has 1 N–H and O–H groups in total. The van der Waals surface area contributed by atoms with Crippen LogP contribution in [-0.2, 0) is 6.54 Å². The quantitative estimate of drug-likeness (QED) is 0.510. The van der Waals surface area contributed by atoms with Crippen LogP contribution in [0.25, 0.3) is 11.3 Å². The Morgan fingerprint density at radius 1 is 1.08 bits per heavy atom. The lowest BCUT2D eigenvalue weighted by molar-refractivity contribution is 0.0945. The first-order chi connectivity index (χ1) is 12.5. The van der Waals surface area contributed by atoms with Crippen molar-refractivity contribution in [1.82, 2.24) is 5.32 Å². The first-order valence-electron chi connectivity index (χ1n) is 7.95. The van der Waals surface area contributed by atoms with Crippen LogP contribution in [0.2, 0.25) is 0 Å². The highest BCUT2D eigenvalue weighted by Gasteiger charge is 2.16. The maximum atomic E-state index is 12.6. The second-order valence-electron chi connectivity index (χ2n) is 5.76. The van der Waals surface area contributed by atoms with Crippen LogP contribution < -0.4 is 10.1 Å². The summed E-state index contributed by atoms with van der Waals surface area (Å²) in [7, 11) is 1.56. The van der Waals surface area contributed by atoms with Crippen LogP contribution in [0.5, 0.6) is 5.75 Å². The first kappa shape index (κ1) is 18.7. The molecule has 0 atom stereocenters. The van der Waals surface area contributed by atoms with Gasteiger partial charge in [-0.1, -0.05) is 44.0 Å². The van der Waals surface area contributed by atoms with Gasteiger partial charge in [0.2, 0.25) is 0 Å². The SMILES string of the molecule is COc1c(C)cc(Br)cc1C(=O)NCc1ccc(-c2ccc(Br)cc2)o1. The molecule has 4 nitrogen and oxygen atoms in total. The van der Waals surface area contributed by atoms with Gasteiger partial charge in [0.25, 0.3) is 5.91 Å². The number of carbonyl (C=O) groups excluding carboxylic acids is 1. The van der Waals surface area contributed by atoms with E-state index in [4.69, 9.17) is 9.15 Å². The largest absolute Gasteiger partial charge is 0.496 e. The van der Waals surface area contributed by atoms with Gasteiger partial charge in [0.1, 0.15) is 17.3 Å². The minimum absolute atomic E-state index is 0.215. The number of rotatable bonds is 5. The Balaban J connectivity index is 1.72. The number of aryl methyl sites for hydroxylation is 1. The molecule has 0 saturated heterocycles. The second-order valence-corrected chi connectivity index (χ2v) is 7.59. The lowest BCUT2D eigenvalue weighted by Gasteiger charge is -2.12. The molecule has 3 aromatic rings. The van der Waals surface area contributed by atoms with Crippen molar-refractivity contribution >= 4 is 37.8 Å². The maximum Gasteiger partial charge on any atom is 0.255 e. The van der Waals surface area contributed by atoms with E-state index >= 15 is 0 Å². The Bertz CT molecular complexity index is 933. The normalized spacial score (nSPS) is 10.6. The molecule has 0 radical (unpaired) electrons. The summed E-state index contributed by atoms with van der Waals surface area (Å²) in [4.78, 5) is 12.6. The maximum absolute atomic E-state index is 12.6. The van der Waals surface area contributed by atoms with Crippen LogP contribution in [-0.4, -0.2) is 13.0 Å². The first-order valence-corrected chi connectivity index (χ1v) is 9.53. The van der Waals surface area contributed by atoms with Crippen LogP contribution in [0.1, 0.15) is 21.7 Å². The summed E-state index contributed by atoms with van der Waals surface area (Å²) in [5.74, 6) is 1.80. The summed E-state index contributed by atoms with van der Waals surface area (Å²) in [5.41, 5.74) is 2.36. The fourth-order valence-corrected chi connectivity index (χ4v) is 3.51. The topological polar surface area (TPSA) is 51.5 Å². The van der Waals surface area contributed by atoms with E-state index in [0.717, 1.165) is 25.8 Å². The van der Waals surface area contributed by atoms with Crippen molar-refractivity contribution in [3.63, 3.8) is 0 Å². The third-order valence-electron chi connectivity index (χ3n) is 3.90. The third-order valence-corrected chi connectivity index (χ3v) is 4.89. The van der Waals surface area contributed by atoms with E-state index in [-0.39, 0.29) is 5.91 Å². The van der Waals surface area contributed by atoms with Crippen molar-refractivity contribution < 1.29 is 13.9 Å². The van der Waals surface area contributed by atoms with Crippen molar-refractivity contribution in [3.05, 3.63) is 74.4 Å². The molecule has 0 aliphatic carbocycles. The minimum atomic E-state index is -0.215. The molecule has 1 amide bonds. The highest BCUT2D eigenvalue weighted by atomic mass is 79.9. The van der Waals surface area contributed by atoms with Gasteiger partial charge < -0.3 is 14.5 Å². The number of halogens is 2. The van der Waals surface area contributed by atoms with Gasteiger partial charge in [0, 0.05) is 14.5 Å². The predicted octanol–water partition coefficient (Wildman–Crippen LogP) is 5.72. The van der Waals surface area contributed by atoms with Crippen LogP contribution in [0.3, 0.4) is 0 Å². The summed E-state index contributed by atoms with van der Waals surface area (Å²) in [6.45, 7) is 2.20. The molecule has 134 valence electrons. The van der Waals surface area contributed by atoms with Crippen molar-refractivity contribution in [2.24, 2.45) is 0 Å². The molecule has 0 spiro atoms. The van der Waals surface area contributed by atoms with Crippen molar-refractivity contribution in [1.29, 1.82) is 0 Å². The lowest BCUT2D eigenvalue weighted by atomic mass is 10.1. The molecule has 26 heavy (non-hydrogen) atoms. The molecular formula is C20H17Br2NO3. The summed E-state index contributed by atoms with van der Waals surface area (Å²) in [6.07, 6.45) is 0. The third kappa shape index (κ3) is 4.19. The zero-order valence-corrected chi connectivity index (χ0v) is 17.5. The van der Waals surface area contributed by atoms with Gasteiger partial charge in [-0.25, -0.2) is 0 Å². The molecule has 2 aromatic carbocycles. The van der Waals surface area contributed by atoms with Crippen LogP contribution in [0.15, 0.2) is 61.9 Å². The molecule has 1 heterocycles. The summed E-state index contributed by atoms with van der Waals surface area (Å²) >= 11 is 6.83. The Morgan fingerprint density at radius 2 is 1.81 bits per heavy atom. The van der Waals surface area contributed by atoms with Crippen LogP contribution in [0.4, 0.5) is 0 Å². The fraction of sp³-hybridized carbons (Fsp3) is 0.150. The molecule has 0 fully saturated rings. The van der Waals surface area contributed by atoms with Crippen molar-refractivity contribution in [3.8, 4) is 17.1 Å². The highest BCUT2D eigenvalue weighted by molar-refractivity contribution is 9.10. The number of amides is 1. The number of nitrogens with one attached hydrogen (secondary N) is 1. The highest BCUT2D eigenvalue weighted by Crippen LogP contribution is 2.28. The van der Waals surface area contributed by atoms with Crippen LogP contribution in [0, 0.1) is 6.92 Å². The van der Waals surface area contributed by atoms with E-state index in [2.05, 4.69) is 37.2 Å². The van der Waals surface area contributed by atoms with Gasteiger partial charge in [0.05, 0.1) is 19.2 Å². The number of carbonyl (C=O) groups is 1.